The predicted octanol–water partition coefficient (Wildman–Crippen LogP) is 6.25. The van der Waals surface area contributed by atoms with Crippen LogP contribution < -0.4 is 0 Å². The summed E-state index contributed by atoms with van der Waals surface area (Å²) in [6.07, 6.45) is -3.42. The number of hydrogen-bond donors (Lipinski definition) is 0. The van der Waals surface area contributed by atoms with Crippen molar-refractivity contribution in [1.29, 1.82) is 0 Å². The molecule has 1 spiro atoms. The molecule has 5 rings (SSSR count). The molecule has 3 aromatic carbocycles. The van der Waals surface area contributed by atoms with Crippen molar-refractivity contribution in [1.82, 2.24) is 4.90 Å². The minimum absolute atomic E-state index is 0.123. The highest BCUT2D eigenvalue weighted by Crippen LogP contribution is 2.41. The van der Waals surface area contributed by atoms with Crippen LogP contribution in [0.1, 0.15) is 43.9 Å². The maximum Gasteiger partial charge on any atom is 0.422 e. The molecular formula is C34H39NO8. The molecule has 2 saturated heterocycles. The van der Waals surface area contributed by atoms with Gasteiger partial charge in [-0.3, -0.25) is 0 Å². The summed E-state index contributed by atoms with van der Waals surface area (Å²) in [7, 11) is 0. The zero-order chi connectivity index (χ0) is 30.3. The van der Waals surface area contributed by atoms with E-state index in [1.807, 2.05) is 91.0 Å². The van der Waals surface area contributed by atoms with Crippen LogP contribution in [0.25, 0.3) is 0 Å². The quantitative estimate of drug-likeness (QED) is 0.274. The molecule has 0 unspecified atom stereocenters. The summed E-state index contributed by atoms with van der Waals surface area (Å²) in [5.41, 5.74) is 0.668. The van der Waals surface area contributed by atoms with Gasteiger partial charge in [-0.15, -0.1) is 0 Å². The Kier molecular flexibility index (Phi) is 9.77. The predicted molar refractivity (Wildman–Crippen MR) is 158 cm³/mol. The van der Waals surface area contributed by atoms with E-state index in [0.717, 1.165) is 21.6 Å². The van der Waals surface area contributed by atoms with Crippen LogP contribution in [0.15, 0.2) is 91.0 Å². The van der Waals surface area contributed by atoms with E-state index in [1.165, 1.54) is 0 Å². The maximum atomic E-state index is 13.3. The van der Waals surface area contributed by atoms with Crippen molar-refractivity contribution >= 4 is 12.2 Å². The van der Waals surface area contributed by atoms with Gasteiger partial charge in [-0.05, 0) is 37.5 Å². The van der Waals surface area contributed by atoms with Gasteiger partial charge in [0.25, 0.3) is 0 Å². The van der Waals surface area contributed by atoms with Crippen LogP contribution in [0.3, 0.4) is 0 Å². The Hall–Kier alpha value is -3.76. The van der Waals surface area contributed by atoms with Crippen LogP contribution in [0.4, 0.5) is 9.59 Å². The number of imide groups is 1. The Morgan fingerprint density at radius 1 is 0.837 bits per heavy atom. The first-order chi connectivity index (χ1) is 20.7. The average Bonchev–Trinajstić information content (AvgIpc) is 3.31. The summed E-state index contributed by atoms with van der Waals surface area (Å²) in [4.78, 5) is 27.3. The Morgan fingerprint density at radius 3 is 1.93 bits per heavy atom. The smallest absolute Gasteiger partial charge is 0.422 e. The van der Waals surface area contributed by atoms with Crippen molar-refractivity contribution in [2.24, 2.45) is 0 Å². The largest absolute Gasteiger partial charge is 0.444 e. The molecule has 0 aromatic heterocycles. The first kappa shape index (κ1) is 30.7. The minimum Gasteiger partial charge on any atom is -0.444 e. The number of hydrogen-bond acceptors (Lipinski definition) is 8. The molecule has 0 N–H and O–H groups in total. The zero-order valence-corrected chi connectivity index (χ0v) is 24.8. The van der Waals surface area contributed by atoms with E-state index in [4.69, 9.17) is 28.4 Å². The van der Waals surface area contributed by atoms with Gasteiger partial charge in [0.15, 0.2) is 5.72 Å². The molecule has 228 valence electrons. The third kappa shape index (κ3) is 8.00. The molecule has 2 heterocycles. The summed E-state index contributed by atoms with van der Waals surface area (Å²) < 4.78 is 36.8. The highest BCUT2D eigenvalue weighted by atomic mass is 16.7. The van der Waals surface area contributed by atoms with E-state index < -0.39 is 41.8 Å². The molecule has 2 fully saturated rings. The molecule has 0 bridgehead atoms. The molecule has 0 saturated carbocycles. The van der Waals surface area contributed by atoms with E-state index in [9.17, 15) is 9.59 Å². The van der Waals surface area contributed by atoms with E-state index in [0.29, 0.717) is 19.8 Å². The third-order valence-corrected chi connectivity index (χ3v) is 7.20. The number of ether oxygens (including phenoxy) is 6. The molecule has 2 aliphatic rings. The normalized spacial score (nSPS) is 23.7. The number of carbonyl (C=O) groups excluding carboxylic acids is 2. The van der Waals surface area contributed by atoms with Gasteiger partial charge >= 0.3 is 12.2 Å². The van der Waals surface area contributed by atoms with Crippen molar-refractivity contribution in [3.8, 4) is 0 Å². The van der Waals surface area contributed by atoms with Crippen molar-refractivity contribution in [2.45, 2.75) is 76.7 Å². The van der Waals surface area contributed by atoms with Gasteiger partial charge in [0.05, 0.1) is 32.5 Å². The van der Waals surface area contributed by atoms with Crippen LogP contribution in [-0.2, 0) is 48.2 Å². The summed E-state index contributed by atoms with van der Waals surface area (Å²) in [6, 6.07) is 29.4. The van der Waals surface area contributed by atoms with E-state index in [1.54, 1.807) is 20.8 Å². The topological polar surface area (TPSA) is 92.8 Å². The fraction of sp³-hybridized carbons (Fsp3) is 0.412. The van der Waals surface area contributed by atoms with Gasteiger partial charge in [0.2, 0.25) is 0 Å². The molecule has 3 aromatic rings. The van der Waals surface area contributed by atoms with Crippen molar-refractivity contribution < 1.29 is 38.0 Å². The SMILES string of the molecule is CC(C)(C)OC(=O)N1C(=O)OC[C@@]12C[C@@H](OCc1ccccc1)[C@H](OCc1ccccc1)[C@@H](COCc1ccccc1)O2. The second-order valence-electron chi connectivity index (χ2n) is 11.8. The average molecular weight is 590 g/mol. The van der Waals surface area contributed by atoms with Crippen LogP contribution in [0, 0.1) is 0 Å². The second-order valence-corrected chi connectivity index (χ2v) is 11.8. The van der Waals surface area contributed by atoms with E-state index in [-0.39, 0.29) is 19.6 Å². The maximum absolute atomic E-state index is 13.3. The van der Waals surface area contributed by atoms with Crippen LogP contribution in [0.5, 0.6) is 0 Å². The fourth-order valence-corrected chi connectivity index (χ4v) is 5.23. The lowest BCUT2D eigenvalue weighted by Gasteiger charge is -2.47. The molecule has 4 atom stereocenters. The molecule has 9 nitrogen and oxygen atoms in total. The zero-order valence-electron chi connectivity index (χ0n) is 24.8. The Bertz CT molecular complexity index is 1330. The van der Waals surface area contributed by atoms with Gasteiger partial charge in [0, 0.05) is 6.42 Å². The summed E-state index contributed by atoms with van der Waals surface area (Å²) in [5, 5.41) is 0. The number of nitrogens with zero attached hydrogens (tertiary/aromatic N) is 1. The molecular weight excluding hydrogens is 550 g/mol. The van der Waals surface area contributed by atoms with Gasteiger partial charge in [-0.1, -0.05) is 91.0 Å². The minimum atomic E-state index is -1.46. The molecule has 43 heavy (non-hydrogen) atoms. The standard InChI is InChI=1S/C34H39NO8/c1-33(2,3)43-32(37)35-31(36)41-24-34(35)19-28(39-21-26-15-9-5-10-16-26)30(40-22-27-17-11-6-12-18-27)29(42-34)23-38-20-25-13-7-4-8-14-25/h4-18,28-30H,19-24H2,1-3H3/t28-,29-,30+,34+/m1/s1. The Labute approximate surface area is 252 Å². The first-order valence-corrected chi connectivity index (χ1v) is 14.5. The number of amides is 2. The van der Waals surface area contributed by atoms with E-state index in [2.05, 4.69) is 0 Å². The highest BCUT2D eigenvalue weighted by Gasteiger charge is 2.60. The fourth-order valence-electron chi connectivity index (χ4n) is 5.23. The summed E-state index contributed by atoms with van der Waals surface area (Å²) >= 11 is 0. The van der Waals surface area contributed by atoms with E-state index >= 15 is 0 Å². The van der Waals surface area contributed by atoms with Crippen LogP contribution >= 0.6 is 0 Å². The summed E-state index contributed by atoms with van der Waals surface area (Å²) in [5.74, 6) is 0. The number of benzene rings is 3. The van der Waals surface area contributed by atoms with Gasteiger partial charge in [-0.2, -0.15) is 4.90 Å². The van der Waals surface area contributed by atoms with Crippen LogP contribution in [-0.4, -0.2) is 59.9 Å². The molecule has 0 aliphatic carbocycles. The Balaban J connectivity index is 1.44. The number of cyclic esters (lactones) is 1. The second kappa shape index (κ2) is 13.7. The lowest BCUT2D eigenvalue weighted by atomic mass is 9.92. The lowest BCUT2D eigenvalue weighted by molar-refractivity contribution is -0.276. The van der Waals surface area contributed by atoms with Crippen molar-refractivity contribution in [2.75, 3.05) is 13.2 Å². The molecule has 2 amide bonds. The first-order valence-electron chi connectivity index (χ1n) is 14.5. The molecule has 9 heteroatoms. The Morgan fingerprint density at radius 2 is 1.37 bits per heavy atom. The lowest BCUT2D eigenvalue weighted by Crippen LogP contribution is -2.64. The van der Waals surface area contributed by atoms with Gasteiger partial charge < -0.3 is 28.4 Å². The number of carbonyl (C=O) groups is 2. The van der Waals surface area contributed by atoms with Crippen LogP contribution in [0.2, 0.25) is 0 Å². The number of rotatable bonds is 10. The summed E-state index contributed by atoms with van der Waals surface area (Å²) in [6.45, 7) is 6.12. The van der Waals surface area contributed by atoms with Gasteiger partial charge in [0.1, 0.15) is 24.4 Å². The van der Waals surface area contributed by atoms with Crippen molar-refractivity contribution in [3.63, 3.8) is 0 Å². The highest BCUT2D eigenvalue weighted by molar-refractivity contribution is 5.90. The third-order valence-electron chi connectivity index (χ3n) is 7.20. The molecule has 2 aliphatic heterocycles. The monoisotopic (exact) mass is 589 g/mol. The molecule has 0 radical (unpaired) electrons. The van der Waals surface area contributed by atoms with Gasteiger partial charge in [-0.25, -0.2) is 9.59 Å². The van der Waals surface area contributed by atoms with Crippen molar-refractivity contribution in [3.05, 3.63) is 108 Å².